The molecule has 4 aromatic rings. The molecule has 0 spiro atoms. The van der Waals surface area contributed by atoms with Gasteiger partial charge in [0.15, 0.2) is 5.69 Å². The highest BCUT2D eigenvalue weighted by molar-refractivity contribution is 5.93. The van der Waals surface area contributed by atoms with E-state index in [1.807, 2.05) is 0 Å². The first kappa shape index (κ1) is 21.6. The van der Waals surface area contributed by atoms with Crippen LogP contribution < -0.4 is 5.56 Å². The van der Waals surface area contributed by atoms with Crippen LogP contribution in [0.4, 0.5) is 13.2 Å². The van der Waals surface area contributed by atoms with E-state index >= 15 is 0 Å². The molecule has 0 aliphatic heterocycles. The Morgan fingerprint density at radius 1 is 1.09 bits per heavy atom. The lowest BCUT2D eigenvalue weighted by Gasteiger charge is -2.19. The van der Waals surface area contributed by atoms with Gasteiger partial charge in [-0.05, 0) is 44.2 Å². The van der Waals surface area contributed by atoms with Crippen LogP contribution in [0, 0.1) is 0 Å². The minimum Gasteiger partial charge on any atom is -0.389 e. The Morgan fingerprint density at radius 2 is 1.84 bits per heavy atom. The highest BCUT2D eigenvalue weighted by atomic mass is 19.4. The normalized spacial score (nSPS) is 12.3. The monoisotopic (exact) mass is 441 g/mol. The Kier molecular flexibility index (Phi) is 5.25. The molecule has 0 fully saturated rings. The standard InChI is InChI=1S/C22H18F3N5O2/c1-21(2,32)11-30-12-28-18-15(20(30)31)9-16(29-17(18)13-5-3-7-26-10-13)14-6-4-8-27-19(14)22(23,24)25/h3-10,12,32H,11H2,1-2H3. The Morgan fingerprint density at radius 3 is 2.50 bits per heavy atom. The maximum Gasteiger partial charge on any atom is 0.434 e. The van der Waals surface area contributed by atoms with Crippen LogP contribution in [0.1, 0.15) is 19.5 Å². The lowest BCUT2D eigenvalue weighted by atomic mass is 10.0. The van der Waals surface area contributed by atoms with E-state index in [-0.39, 0.29) is 34.4 Å². The number of rotatable bonds is 4. The summed E-state index contributed by atoms with van der Waals surface area (Å²) in [6.45, 7) is 3.03. The summed E-state index contributed by atoms with van der Waals surface area (Å²) in [5, 5.41) is 10.2. The van der Waals surface area contributed by atoms with Crippen molar-refractivity contribution in [2.24, 2.45) is 0 Å². The summed E-state index contributed by atoms with van der Waals surface area (Å²) >= 11 is 0. The quantitative estimate of drug-likeness (QED) is 0.519. The maximum atomic E-state index is 13.6. The third-order valence-corrected chi connectivity index (χ3v) is 4.65. The van der Waals surface area contributed by atoms with Gasteiger partial charge in [0.25, 0.3) is 5.56 Å². The summed E-state index contributed by atoms with van der Waals surface area (Å²) in [5.74, 6) is 0. The van der Waals surface area contributed by atoms with Crippen molar-refractivity contribution in [1.29, 1.82) is 0 Å². The first-order chi connectivity index (χ1) is 15.0. The van der Waals surface area contributed by atoms with Crippen LogP contribution in [0.25, 0.3) is 33.4 Å². The second-order valence-electron chi connectivity index (χ2n) is 7.88. The number of fused-ring (bicyclic) bond motifs is 1. The molecule has 32 heavy (non-hydrogen) atoms. The Hall–Kier alpha value is -3.66. The van der Waals surface area contributed by atoms with Gasteiger partial charge in [0.2, 0.25) is 0 Å². The van der Waals surface area contributed by atoms with Gasteiger partial charge in [-0.3, -0.25) is 19.3 Å². The van der Waals surface area contributed by atoms with Crippen LogP contribution in [0.5, 0.6) is 0 Å². The second kappa shape index (κ2) is 7.79. The molecule has 0 unspecified atom stereocenters. The van der Waals surface area contributed by atoms with Crippen molar-refractivity contribution in [2.75, 3.05) is 0 Å². The molecule has 0 atom stereocenters. The number of hydrogen-bond acceptors (Lipinski definition) is 6. The van der Waals surface area contributed by atoms with Crippen LogP contribution in [0.15, 0.2) is 60.0 Å². The smallest absolute Gasteiger partial charge is 0.389 e. The van der Waals surface area contributed by atoms with Gasteiger partial charge in [-0.2, -0.15) is 13.2 Å². The third-order valence-electron chi connectivity index (χ3n) is 4.65. The molecule has 10 heteroatoms. The second-order valence-corrected chi connectivity index (χ2v) is 7.88. The van der Waals surface area contributed by atoms with Gasteiger partial charge in [0.05, 0.1) is 35.2 Å². The number of halogens is 3. The first-order valence-electron chi connectivity index (χ1n) is 9.60. The van der Waals surface area contributed by atoms with Crippen molar-refractivity contribution >= 4 is 10.9 Å². The van der Waals surface area contributed by atoms with E-state index in [9.17, 15) is 23.1 Å². The summed E-state index contributed by atoms with van der Waals surface area (Å²) in [4.78, 5) is 29.5. The van der Waals surface area contributed by atoms with Crippen molar-refractivity contribution in [1.82, 2.24) is 24.5 Å². The fourth-order valence-electron chi connectivity index (χ4n) is 3.38. The van der Waals surface area contributed by atoms with Gasteiger partial charge in [0.1, 0.15) is 5.52 Å². The number of hydrogen-bond donors (Lipinski definition) is 1. The molecule has 7 nitrogen and oxygen atoms in total. The summed E-state index contributed by atoms with van der Waals surface area (Å²) in [5.41, 5.74) is -2.22. The average molecular weight is 441 g/mol. The number of aliphatic hydroxyl groups is 1. The average Bonchev–Trinajstić information content (AvgIpc) is 2.74. The zero-order valence-electron chi connectivity index (χ0n) is 17.1. The van der Waals surface area contributed by atoms with E-state index in [0.717, 1.165) is 6.20 Å². The van der Waals surface area contributed by atoms with Gasteiger partial charge >= 0.3 is 6.18 Å². The first-order valence-corrected chi connectivity index (χ1v) is 9.60. The van der Waals surface area contributed by atoms with Crippen LogP contribution in [0.3, 0.4) is 0 Å². The van der Waals surface area contributed by atoms with Crippen molar-refractivity contribution in [2.45, 2.75) is 32.2 Å². The molecule has 0 saturated carbocycles. The van der Waals surface area contributed by atoms with Crippen molar-refractivity contribution in [3.63, 3.8) is 0 Å². The van der Waals surface area contributed by atoms with E-state index < -0.39 is 23.0 Å². The largest absolute Gasteiger partial charge is 0.434 e. The highest BCUT2D eigenvalue weighted by Crippen LogP contribution is 2.36. The van der Waals surface area contributed by atoms with Crippen molar-refractivity contribution < 1.29 is 18.3 Å². The van der Waals surface area contributed by atoms with E-state index in [2.05, 4.69) is 19.9 Å². The van der Waals surface area contributed by atoms with Gasteiger partial charge in [-0.15, -0.1) is 0 Å². The van der Waals surface area contributed by atoms with Crippen LogP contribution >= 0.6 is 0 Å². The SMILES string of the molecule is CC(C)(O)Cn1cnc2c(-c3cccnc3)nc(-c3cccnc3C(F)(F)F)cc2c1=O. The predicted molar refractivity (Wildman–Crippen MR) is 112 cm³/mol. The van der Waals surface area contributed by atoms with E-state index in [1.165, 1.54) is 49.1 Å². The zero-order chi connectivity index (χ0) is 23.1. The number of alkyl halides is 3. The molecule has 0 aromatic carbocycles. The molecule has 0 amide bonds. The van der Waals surface area contributed by atoms with Gasteiger partial charge in [0, 0.05) is 29.7 Å². The molecular weight excluding hydrogens is 423 g/mol. The van der Waals surface area contributed by atoms with Gasteiger partial charge in [-0.25, -0.2) is 9.97 Å². The molecule has 4 aromatic heterocycles. The van der Waals surface area contributed by atoms with Crippen LogP contribution in [0.2, 0.25) is 0 Å². The minimum atomic E-state index is -4.71. The molecule has 0 bridgehead atoms. The number of aromatic nitrogens is 5. The molecule has 0 radical (unpaired) electrons. The van der Waals surface area contributed by atoms with Crippen molar-refractivity contribution in [3.8, 4) is 22.5 Å². The van der Waals surface area contributed by atoms with Gasteiger partial charge < -0.3 is 5.11 Å². The third kappa shape index (κ3) is 4.22. The topological polar surface area (TPSA) is 93.8 Å². The molecule has 0 aliphatic rings. The number of nitrogens with zero attached hydrogens (tertiary/aromatic N) is 5. The lowest BCUT2D eigenvalue weighted by molar-refractivity contribution is -0.140. The van der Waals surface area contributed by atoms with Crippen LogP contribution in [-0.2, 0) is 12.7 Å². The summed E-state index contributed by atoms with van der Waals surface area (Å²) in [7, 11) is 0. The van der Waals surface area contributed by atoms with Crippen molar-refractivity contribution in [3.05, 3.63) is 71.3 Å². The fourth-order valence-corrected chi connectivity index (χ4v) is 3.38. The summed E-state index contributed by atoms with van der Waals surface area (Å²) < 4.78 is 42.0. The Bertz CT molecular complexity index is 1350. The molecular formula is C22H18F3N5O2. The fraction of sp³-hybridized carbons (Fsp3) is 0.227. The Labute approximate surface area is 180 Å². The molecule has 4 heterocycles. The minimum absolute atomic E-state index is 0.0463. The highest BCUT2D eigenvalue weighted by Gasteiger charge is 2.36. The lowest BCUT2D eigenvalue weighted by Crippen LogP contribution is -2.33. The number of pyridine rings is 3. The van der Waals surface area contributed by atoms with E-state index in [0.29, 0.717) is 5.56 Å². The van der Waals surface area contributed by atoms with Crippen LogP contribution in [-0.4, -0.2) is 35.2 Å². The molecule has 1 N–H and O–H groups in total. The zero-order valence-corrected chi connectivity index (χ0v) is 17.1. The van der Waals surface area contributed by atoms with E-state index in [1.54, 1.807) is 18.3 Å². The predicted octanol–water partition coefficient (Wildman–Crippen LogP) is 3.71. The Balaban J connectivity index is 2.06. The van der Waals surface area contributed by atoms with E-state index in [4.69, 9.17) is 0 Å². The maximum absolute atomic E-state index is 13.6. The summed E-state index contributed by atoms with van der Waals surface area (Å²) in [6, 6.07) is 7.23. The molecule has 4 rings (SSSR count). The molecule has 0 aliphatic carbocycles. The van der Waals surface area contributed by atoms with Gasteiger partial charge in [-0.1, -0.05) is 0 Å². The summed E-state index contributed by atoms with van der Waals surface area (Å²) in [6.07, 6.45) is 0.658. The molecule has 0 saturated heterocycles. The molecule has 164 valence electrons.